The molecule has 0 spiro atoms. The lowest BCUT2D eigenvalue weighted by atomic mass is 10.2. The van der Waals surface area contributed by atoms with Gasteiger partial charge in [-0.15, -0.1) is 0 Å². The van der Waals surface area contributed by atoms with Gasteiger partial charge in [0, 0.05) is 24.3 Å². The standard InChI is InChI=1S/C25H24FN7O/c1-17(28)24(34)29-14-4-2-3-5-19-16-30-25(32-22-10-6-18(15-27)7-11-22)33-23(19)31-21-12-8-20(26)9-13-21/h6-13,16-17H,2,4,14,28H2,1H3,(H,29,34)(H2,30,31,32,33)/t17-/m0/s1. The third-order valence-corrected chi connectivity index (χ3v) is 4.58. The molecular weight excluding hydrogens is 433 g/mol. The summed E-state index contributed by atoms with van der Waals surface area (Å²) in [6.45, 7) is 2.12. The molecule has 0 bridgehead atoms. The second-order valence-corrected chi connectivity index (χ2v) is 7.39. The molecule has 5 N–H and O–H groups in total. The smallest absolute Gasteiger partial charge is 0.236 e. The fourth-order valence-corrected chi connectivity index (χ4v) is 2.76. The van der Waals surface area contributed by atoms with Gasteiger partial charge in [-0.1, -0.05) is 11.8 Å². The van der Waals surface area contributed by atoms with Crippen LogP contribution in [0.1, 0.15) is 30.9 Å². The van der Waals surface area contributed by atoms with Crippen molar-refractivity contribution in [3.05, 3.63) is 71.7 Å². The van der Waals surface area contributed by atoms with Crippen LogP contribution in [0, 0.1) is 29.0 Å². The maximum absolute atomic E-state index is 13.3. The van der Waals surface area contributed by atoms with Crippen LogP contribution in [-0.2, 0) is 4.79 Å². The molecule has 2 aromatic carbocycles. The van der Waals surface area contributed by atoms with E-state index < -0.39 is 6.04 Å². The van der Waals surface area contributed by atoms with Crippen molar-refractivity contribution in [1.29, 1.82) is 5.26 Å². The van der Waals surface area contributed by atoms with Gasteiger partial charge in [0.05, 0.1) is 29.4 Å². The number of nitrogens with two attached hydrogens (primary N) is 1. The number of benzene rings is 2. The van der Waals surface area contributed by atoms with Gasteiger partial charge in [-0.2, -0.15) is 10.2 Å². The number of hydrogen-bond donors (Lipinski definition) is 4. The lowest BCUT2D eigenvalue weighted by Crippen LogP contribution is -2.38. The maximum atomic E-state index is 13.3. The van der Waals surface area contributed by atoms with Gasteiger partial charge < -0.3 is 21.7 Å². The monoisotopic (exact) mass is 457 g/mol. The molecule has 0 saturated carbocycles. The summed E-state index contributed by atoms with van der Waals surface area (Å²) in [6.07, 6.45) is 2.82. The van der Waals surface area contributed by atoms with E-state index in [4.69, 9.17) is 11.0 Å². The van der Waals surface area contributed by atoms with Gasteiger partial charge in [0.25, 0.3) is 0 Å². The summed E-state index contributed by atoms with van der Waals surface area (Å²) < 4.78 is 13.3. The van der Waals surface area contributed by atoms with Crippen molar-refractivity contribution in [2.75, 3.05) is 17.2 Å². The summed E-state index contributed by atoms with van der Waals surface area (Å²) in [4.78, 5) is 20.3. The van der Waals surface area contributed by atoms with Crippen molar-refractivity contribution in [2.24, 2.45) is 5.73 Å². The van der Waals surface area contributed by atoms with Crippen molar-refractivity contribution in [1.82, 2.24) is 15.3 Å². The molecule has 3 aromatic rings. The van der Waals surface area contributed by atoms with Crippen molar-refractivity contribution >= 4 is 29.0 Å². The average Bonchev–Trinajstić information content (AvgIpc) is 2.84. The van der Waals surface area contributed by atoms with Gasteiger partial charge in [-0.25, -0.2) is 9.37 Å². The van der Waals surface area contributed by atoms with E-state index in [2.05, 4.69) is 43.8 Å². The molecule has 0 aliphatic heterocycles. The number of anilines is 4. The van der Waals surface area contributed by atoms with Gasteiger partial charge in [0.15, 0.2) is 5.82 Å². The molecule has 172 valence electrons. The highest BCUT2D eigenvalue weighted by Crippen LogP contribution is 2.21. The minimum Gasteiger partial charge on any atom is -0.355 e. The number of carbonyl (C=O) groups is 1. The number of nitrogens with one attached hydrogen (secondary N) is 3. The normalized spacial score (nSPS) is 10.9. The van der Waals surface area contributed by atoms with Crippen molar-refractivity contribution in [2.45, 2.75) is 25.8 Å². The summed E-state index contributed by atoms with van der Waals surface area (Å²) >= 11 is 0. The SMILES string of the molecule is C[C@H](N)C(=O)NCCCC#Cc1cnc(Nc2ccc(C#N)cc2)nc1Nc1ccc(F)cc1. The van der Waals surface area contributed by atoms with Crippen LogP contribution in [0.4, 0.5) is 27.5 Å². The summed E-state index contributed by atoms with van der Waals surface area (Å²) in [6, 6.07) is 14.3. The van der Waals surface area contributed by atoms with Gasteiger partial charge in [0.1, 0.15) is 5.82 Å². The van der Waals surface area contributed by atoms with E-state index in [1.165, 1.54) is 12.1 Å². The largest absolute Gasteiger partial charge is 0.355 e. The molecule has 34 heavy (non-hydrogen) atoms. The van der Waals surface area contributed by atoms with E-state index in [0.29, 0.717) is 48.0 Å². The number of aromatic nitrogens is 2. The van der Waals surface area contributed by atoms with Crippen LogP contribution in [0.3, 0.4) is 0 Å². The highest BCUT2D eigenvalue weighted by atomic mass is 19.1. The van der Waals surface area contributed by atoms with Crippen molar-refractivity contribution < 1.29 is 9.18 Å². The van der Waals surface area contributed by atoms with Crippen LogP contribution < -0.4 is 21.7 Å². The van der Waals surface area contributed by atoms with Crippen LogP contribution >= 0.6 is 0 Å². The van der Waals surface area contributed by atoms with Crippen LogP contribution in [0.15, 0.2) is 54.7 Å². The molecule has 1 heterocycles. The Morgan fingerprint density at radius 1 is 1.12 bits per heavy atom. The summed E-state index contributed by atoms with van der Waals surface area (Å²) in [7, 11) is 0. The average molecular weight is 458 g/mol. The number of nitriles is 1. The molecule has 0 radical (unpaired) electrons. The van der Waals surface area contributed by atoms with E-state index in [1.54, 1.807) is 49.5 Å². The Morgan fingerprint density at radius 2 is 1.79 bits per heavy atom. The molecule has 0 saturated heterocycles. The zero-order valence-electron chi connectivity index (χ0n) is 18.6. The topological polar surface area (TPSA) is 129 Å². The number of nitrogens with zero attached hydrogens (tertiary/aromatic N) is 3. The molecule has 0 aliphatic carbocycles. The number of unbranched alkanes of at least 4 members (excludes halogenated alkanes) is 1. The first-order chi connectivity index (χ1) is 16.4. The van der Waals surface area contributed by atoms with Gasteiger partial charge in [0.2, 0.25) is 11.9 Å². The lowest BCUT2D eigenvalue weighted by molar-refractivity contribution is -0.121. The quantitative estimate of drug-likeness (QED) is 0.301. The third-order valence-electron chi connectivity index (χ3n) is 4.58. The Kier molecular flexibility index (Phi) is 8.50. The zero-order chi connectivity index (χ0) is 24.3. The number of rotatable bonds is 8. The van der Waals surface area contributed by atoms with Crippen LogP contribution in [0.5, 0.6) is 0 Å². The molecule has 8 nitrogen and oxygen atoms in total. The van der Waals surface area contributed by atoms with E-state index in [9.17, 15) is 9.18 Å². The number of hydrogen-bond acceptors (Lipinski definition) is 7. The number of carbonyl (C=O) groups excluding carboxylic acids is 1. The van der Waals surface area contributed by atoms with Crippen LogP contribution in [-0.4, -0.2) is 28.5 Å². The predicted octanol–water partition coefficient (Wildman–Crippen LogP) is 3.57. The van der Waals surface area contributed by atoms with E-state index in [-0.39, 0.29) is 11.7 Å². The Hall–Kier alpha value is -4.47. The molecule has 0 aliphatic rings. The molecule has 0 fully saturated rings. The maximum Gasteiger partial charge on any atom is 0.236 e. The van der Waals surface area contributed by atoms with E-state index in [1.807, 2.05) is 0 Å². The predicted molar refractivity (Wildman–Crippen MR) is 129 cm³/mol. The summed E-state index contributed by atoms with van der Waals surface area (Å²) in [5.41, 5.74) is 7.99. The van der Waals surface area contributed by atoms with Crippen molar-refractivity contribution in [3.63, 3.8) is 0 Å². The minimum absolute atomic E-state index is 0.197. The molecular formula is C25H24FN7O. The van der Waals surface area contributed by atoms with E-state index in [0.717, 1.165) is 5.69 Å². The molecule has 3 rings (SSSR count). The fourth-order valence-electron chi connectivity index (χ4n) is 2.76. The molecule has 1 atom stereocenters. The Labute approximate surface area is 197 Å². The van der Waals surface area contributed by atoms with Crippen LogP contribution in [0.25, 0.3) is 0 Å². The van der Waals surface area contributed by atoms with Crippen molar-refractivity contribution in [3.8, 4) is 17.9 Å². The van der Waals surface area contributed by atoms with Gasteiger partial charge in [-0.3, -0.25) is 4.79 Å². The molecule has 1 aromatic heterocycles. The molecule has 0 unspecified atom stereocenters. The summed E-state index contributed by atoms with van der Waals surface area (Å²) in [5.74, 6) is 6.36. The Balaban J connectivity index is 1.74. The Bertz CT molecular complexity index is 1220. The molecule has 9 heteroatoms. The zero-order valence-corrected chi connectivity index (χ0v) is 18.6. The number of halogens is 1. The highest BCUT2D eigenvalue weighted by molar-refractivity contribution is 5.80. The fraction of sp³-hybridized carbons (Fsp3) is 0.200. The first kappa shape index (κ1) is 24.2. The van der Waals surface area contributed by atoms with Crippen LogP contribution in [0.2, 0.25) is 0 Å². The first-order valence-electron chi connectivity index (χ1n) is 10.6. The minimum atomic E-state index is -0.542. The Morgan fingerprint density at radius 3 is 2.47 bits per heavy atom. The van der Waals surface area contributed by atoms with E-state index >= 15 is 0 Å². The third kappa shape index (κ3) is 7.30. The second kappa shape index (κ2) is 12.0. The second-order valence-electron chi connectivity index (χ2n) is 7.39. The molecule has 1 amide bonds. The number of amides is 1. The highest BCUT2D eigenvalue weighted by Gasteiger charge is 2.08. The lowest BCUT2D eigenvalue weighted by Gasteiger charge is -2.11. The first-order valence-corrected chi connectivity index (χ1v) is 10.6. The summed E-state index contributed by atoms with van der Waals surface area (Å²) in [5, 5.41) is 17.9. The van der Waals surface area contributed by atoms with Gasteiger partial charge in [-0.05, 0) is 61.9 Å². The van der Waals surface area contributed by atoms with Gasteiger partial charge >= 0.3 is 0 Å².